The van der Waals surface area contributed by atoms with Crippen molar-refractivity contribution >= 4 is 0 Å². The fraction of sp³-hybridized carbons (Fsp3) is 0.500. The van der Waals surface area contributed by atoms with Crippen molar-refractivity contribution in [2.75, 3.05) is 13.2 Å². The summed E-state index contributed by atoms with van der Waals surface area (Å²) in [6.45, 7) is 4.96. The lowest BCUT2D eigenvalue weighted by Gasteiger charge is -2.23. The van der Waals surface area contributed by atoms with Crippen LogP contribution in [-0.2, 0) is 6.42 Å². The van der Waals surface area contributed by atoms with Gasteiger partial charge >= 0.3 is 0 Å². The van der Waals surface area contributed by atoms with Gasteiger partial charge in [0.2, 0.25) is 0 Å². The number of ether oxygens (including phenoxy) is 2. The van der Waals surface area contributed by atoms with Crippen LogP contribution in [0.25, 0.3) is 0 Å². The van der Waals surface area contributed by atoms with E-state index in [1.165, 1.54) is 0 Å². The Balaban J connectivity index is 2.39. The minimum absolute atomic E-state index is 0.359. The molecule has 1 atom stereocenters. The maximum atomic E-state index is 9.38. The lowest BCUT2D eigenvalue weighted by molar-refractivity contribution is 0.163. The van der Waals surface area contributed by atoms with Gasteiger partial charge in [-0.3, -0.25) is 0 Å². The maximum absolute atomic E-state index is 9.38. The van der Waals surface area contributed by atoms with Crippen molar-refractivity contribution in [1.29, 1.82) is 0 Å². The first-order valence-corrected chi connectivity index (χ1v) is 5.24. The van der Waals surface area contributed by atoms with Crippen molar-refractivity contribution in [2.45, 2.75) is 26.4 Å². The molecule has 0 radical (unpaired) electrons. The highest BCUT2D eigenvalue weighted by atomic mass is 16.6. The second-order valence-corrected chi connectivity index (χ2v) is 3.95. The van der Waals surface area contributed by atoms with E-state index in [9.17, 15) is 5.11 Å². The van der Waals surface area contributed by atoms with Crippen LogP contribution >= 0.6 is 0 Å². The van der Waals surface area contributed by atoms with Crippen molar-refractivity contribution in [3.8, 4) is 11.5 Å². The molecule has 1 aliphatic heterocycles. The SMILES string of the molecule is Cc1ccc(CC(C)O)c2c1OCCO2. The van der Waals surface area contributed by atoms with Gasteiger partial charge in [0.05, 0.1) is 6.10 Å². The first-order valence-electron chi connectivity index (χ1n) is 5.24. The molecule has 3 nitrogen and oxygen atoms in total. The van der Waals surface area contributed by atoms with Crippen LogP contribution in [0.4, 0.5) is 0 Å². The Hall–Kier alpha value is -1.22. The summed E-state index contributed by atoms with van der Waals surface area (Å²) in [4.78, 5) is 0. The molecule has 0 bridgehead atoms. The van der Waals surface area contributed by atoms with E-state index < -0.39 is 0 Å². The average Bonchev–Trinajstić information content (AvgIpc) is 2.22. The molecule has 1 aliphatic rings. The third kappa shape index (κ3) is 2.07. The minimum Gasteiger partial charge on any atom is -0.486 e. The number of hydrogen-bond acceptors (Lipinski definition) is 3. The summed E-state index contributed by atoms with van der Waals surface area (Å²) in [6.07, 6.45) is 0.244. The van der Waals surface area contributed by atoms with Crippen molar-refractivity contribution in [3.05, 3.63) is 23.3 Å². The van der Waals surface area contributed by atoms with Crippen LogP contribution in [0, 0.1) is 6.92 Å². The highest BCUT2D eigenvalue weighted by molar-refractivity contribution is 5.52. The standard InChI is InChI=1S/C12H16O3/c1-8-3-4-10(7-9(2)13)12-11(8)14-5-6-15-12/h3-4,9,13H,5-7H2,1-2H3. The third-order valence-electron chi connectivity index (χ3n) is 2.48. The molecule has 15 heavy (non-hydrogen) atoms. The van der Waals surface area contributed by atoms with E-state index in [1.54, 1.807) is 6.92 Å². The maximum Gasteiger partial charge on any atom is 0.164 e. The molecule has 0 saturated heterocycles. The monoisotopic (exact) mass is 208 g/mol. The number of fused-ring (bicyclic) bond motifs is 1. The fourth-order valence-electron chi connectivity index (χ4n) is 1.81. The molecule has 1 aromatic carbocycles. The highest BCUT2D eigenvalue weighted by Crippen LogP contribution is 2.37. The number of benzene rings is 1. The van der Waals surface area contributed by atoms with E-state index in [0.29, 0.717) is 19.6 Å². The van der Waals surface area contributed by atoms with Crippen LogP contribution in [0.3, 0.4) is 0 Å². The van der Waals surface area contributed by atoms with E-state index in [1.807, 2.05) is 19.1 Å². The van der Waals surface area contributed by atoms with E-state index in [2.05, 4.69) is 0 Å². The van der Waals surface area contributed by atoms with Crippen molar-refractivity contribution < 1.29 is 14.6 Å². The normalized spacial score (nSPS) is 16.2. The van der Waals surface area contributed by atoms with Crippen LogP contribution in [0.5, 0.6) is 11.5 Å². The Morgan fingerprint density at radius 1 is 1.27 bits per heavy atom. The molecular weight excluding hydrogens is 192 g/mol. The van der Waals surface area contributed by atoms with E-state index in [0.717, 1.165) is 22.6 Å². The predicted molar refractivity (Wildman–Crippen MR) is 57.6 cm³/mol. The Bertz CT molecular complexity index is 358. The second kappa shape index (κ2) is 4.11. The van der Waals surface area contributed by atoms with Crippen LogP contribution in [0.15, 0.2) is 12.1 Å². The van der Waals surface area contributed by atoms with Crippen LogP contribution in [-0.4, -0.2) is 24.4 Å². The zero-order valence-corrected chi connectivity index (χ0v) is 9.12. The number of aliphatic hydroxyl groups is 1. The van der Waals surface area contributed by atoms with Crippen LogP contribution < -0.4 is 9.47 Å². The molecule has 0 aromatic heterocycles. The molecule has 82 valence electrons. The Kier molecular flexibility index (Phi) is 2.82. The topological polar surface area (TPSA) is 38.7 Å². The van der Waals surface area contributed by atoms with Gasteiger partial charge in [-0.1, -0.05) is 12.1 Å². The van der Waals surface area contributed by atoms with Crippen LogP contribution in [0.1, 0.15) is 18.1 Å². The number of rotatable bonds is 2. The van der Waals surface area contributed by atoms with E-state index in [-0.39, 0.29) is 6.10 Å². The average molecular weight is 208 g/mol. The molecule has 2 rings (SSSR count). The third-order valence-corrected chi connectivity index (χ3v) is 2.48. The Labute approximate surface area is 89.6 Å². The van der Waals surface area contributed by atoms with Gasteiger partial charge in [0.25, 0.3) is 0 Å². The summed E-state index contributed by atoms with van der Waals surface area (Å²) in [5.41, 5.74) is 2.10. The van der Waals surface area contributed by atoms with Crippen molar-refractivity contribution in [3.63, 3.8) is 0 Å². The first-order chi connectivity index (χ1) is 7.18. The Morgan fingerprint density at radius 3 is 2.60 bits per heavy atom. The minimum atomic E-state index is -0.359. The molecular formula is C12H16O3. The molecule has 1 aromatic rings. The number of hydrogen-bond donors (Lipinski definition) is 1. The fourth-order valence-corrected chi connectivity index (χ4v) is 1.81. The van der Waals surface area contributed by atoms with Gasteiger partial charge in [-0.2, -0.15) is 0 Å². The quantitative estimate of drug-likeness (QED) is 0.803. The first kappa shape index (κ1) is 10.3. The molecule has 0 fully saturated rings. The van der Waals surface area contributed by atoms with Gasteiger partial charge in [-0.05, 0) is 19.4 Å². The largest absolute Gasteiger partial charge is 0.486 e. The van der Waals surface area contributed by atoms with Gasteiger partial charge in [0, 0.05) is 12.0 Å². The molecule has 0 saturated carbocycles. The van der Waals surface area contributed by atoms with Gasteiger partial charge in [-0.15, -0.1) is 0 Å². The predicted octanol–water partition coefficient (Wildman–Crippen LogP) is 1.69. The summed E-state index contributed by atoms with van der Waals surface area (Å²) in [7, 11) is 0. The molecule has 3 heteroatoms. The number of aliphatic hydroxyl groups excluding tert-OH is 1. The molecule has 0 amide bonds. The summed E-state index contributed by atoms with van der Waals surface area (Å²) in [6, 6.07) is 4.00. The lowest BCUT2D eigenvalue weighted by atomic mass is 10.0. The second-order valence-electron chi connectivity index (χ2n) is 3.95. The molecule has 1 N–H and O–H groups in total. The van der Waals surface area contributed by atoms with Gasteiger partial charge in [0.1, 0.15) is 13.2 Å². The molecule has 0 spiro atoms. The molecule has 1 unspecified atom stereocenters. The smallest absolute Gasteiger partial charge is 0.164 e. The van der Waals surface area contributed by atoms with Gasteiger partial charge in [-0.25, -0.2) is 0 Å². The summed E-state index contributed by atoms with van der Waals surface area (Å²) in [5, 5.41) is 9.38. The zero-order valence-electron chi connectivity index (χ0n) is 9.12. The number of aryl methyl sites for hydroxylation is 1. The summed E-state index contributed by atoms with van der Waals surface area (Å²) < 4.78 is 11.2. The van der Waals surface area contributed by atoms with Gasteiger partial charge in [0.15, 0.2) is 11.5 Å². The zero-order chi connectivity index (χ0) is 10.8. The van der Waals surface area contributed by atoms with Crippen LogP contribution in [0.2, 0.25) is 0 Å². The lowest BCUT2D eigenvalue weighted by Crippen LogP contribution is -2.18. The van der Waals surface area contributed by atoms with Crippen molar-refractivity contribution in [2.24, 2.45) is 0 Å². The van der Waals surface area contributed by atoms with Crippen molar-refractivity contribution in [1.82, 2.24) is 0 Å². The Morgan fingerprint density at radius 2 is 1.93 bits per heavy atom. The van der Waals surface area contributed by atoms with E-state index >= 15 is 0 Å². The van der Waals surface area contributed by atoms with E-state index in [4.69, 9.17) is 9.47 Å². The van der Waals surface area contributed by atoms with Gasteiger partial charge < -0.3 is 14.6 Å². The summed E-state index contributed by atoms with van der Waals surface area (Å²) in [5.74, 6) is 1.64. The molecule has 1 heterocycles. The molecule has 0 aliphatic carbocycles. The summed E-state index contributed by atoms with van der Waals surface area (Å²) >= 11 is 0. The highest BCUT2D eigenvalue weighted by Gasteiger charge is 2.18.